The summed E-state index contributed by atoms with van der Waals surface area (Å²) in [6.07, 6.45) is 3.59. The third-order valence-corrected chi connectivity index (χ3v) is 7.10. The van der Waals surface area contributed by atoms with E-state index in [-0.39, 0.29) is 11.6 Å². The van der Waals surface area contributed by atoms with Gasteiger partial charge >= 0.3 is 0 Å². The van der Waals surface area contributed by atoms with Crippen molar-refractivity contribution in [3.63, 3.8) is 0 Å². The molecule has 5 rings (SSSR count). The molecule has 1 atom stereocenters. The van der Waals surface area contributed by atoms with Crippen molar-refractivity contribution in [1.29, 1.82) is 0 Å². The van der Waals surface area contributed by atoms with Gasteiger partial charge in [0, 0.05) is 23.7 Å². The number of hydrogen-bond acceptors (Lipinski definition) is 9. The number of carbonyl (C=O) groups is 1. The number of benzene rings is 2. The minimum absolute atomic E-state index is 0.184. The van der Waals surface area contributed by atoms with Crippen LogP contribution in [0, 0.1) is 5.82 Å². The molecule has 0 aliphatic rings. The number of pyridine rings is 2. The molecule has 0 saturated carbocycles. The second kappa shape index (κ2) is 12.3. The van der Waals surface area contributed by atoms with Crippen molar-refractivity contribution in [2.45, 2.75) is 31.6 Å². The Balaban J connectivity index is 1.53. The standard InChI is InChI=1S/C31H29FN6O2S/c1-18(28-24(26-7-5-6-14-33-26)16-21-15-22(32)10-13-25(21)36-28)35-30-27(19(2)39)29(37-31(38-30)41-4)34-17-20-8-11-23(40-3)12-9-20/h5-16,18H,17H2,1-4H3,(H2,34,35,37,38). The average Bonchev–Trinajstić information content (AvgIpc) is 2.99. The number of nitrogens with one attached hydrogen (secondary N) is 2. The molecule has 8 nitrogen and oxygen atoms in total. The zero-order valence-electron chi connectivity index (χ0n) is 23.1. The first-order valence-corrected chi connectivity index (χ1v) is 14.2. The van der Waals surface area contributed by atoms with Gasteiger partial charge in [-0.25, -0.2) is 19.3 Å². The second-order valence-electron chi connectivity index (χ2n) is 9.38. The van der Waals surface area contributed by atoms with E-state index in [1.54, 1.807) is 19.4 Å². The highest BCUT2D eigenvalue weighted by atomic mass is 32.2. The molecular weight excluding hydrogens is 539 g/mol. The van der Waals surface area contributed by atoms with Crippen molar-refractivity contribution in [1.82, 2.24) is 19.9 Å². The van der Waals surface area contributed by atoms with Gasteiger partial charge in [-0.05, 0) is 74.2 Å². The number of fused-ring (bicyclic) bond motifs is 1. The average molecular weight is 569 g/mol. The molecule has 1 unspecified atom stereocenters. The largest absolute Gasteiger partial charge is 0.497 e. The predicted molar refractivity (Wildman–Crippen MR) is 161 cm³/mol. The highest BCUT2D eigenvalue weighted by Gasteiger charge is 2.23. The van der Waals surface area contributed by atoms with Gasteiger partial charge in [0.1, 0.15) is 28.8 Å². The summed E-state index contributed by atoms with van der Waals surface area (Å²) in [5.74, 6) is 1.08. The number of methoxy groups -OCH3 is 1. The van der Waals surface area contributed by atoms with Crippen molar-refractivity contribution < 1.29 is 13.9 Å². The lowest BCUT2D eigenvalue weighted by molar-refractivity contribution is 0.101. The van der Waals surface area contributed by atoms with Crippen LogP contribution >= 0.6 is 11.8 Å². The summed E-state index contributed by atoms with van der Waals surface area (Å²) in [7, 11) is 1.62. The van der Waals surface area contributed by atoms with E-state index in [2.05, 4.69) is 25.6 Å². The number of aromatic nitrogens is 4. The maximum Gasteiger partial charge on any atom is 0.191 e. The van der Waals surface area contributed by atoms with Gasteiger partial charge in [0.05, 0.1) is 30.1 Å². The zero-order valence-corrected chi connectivity index (χ0v) is 23.9. The van der Waals surface area contributed by atoms with Crippen molar-refractivity contribution >= 4 is 40.1 Å². The van der Waals surface area contributed by atoms with Gasteiger partial charge in [0.2, 0.25) is 0 Å². The number of ether oxygens (including phenoxy) is 1. The first-order chi connectivity index (χ1) is 19.9. The van der Waals surface area contributed by atoms with Gasteiger partial charge < -0.3 is 15.4 Å². The molecule has 0 amide bonds. The summed E-state index contributed by atoms with van der Waals surface area (Å²) >= 11 is 1.38. The molecule has 2 N–H and O–H groups in total. The molecule has 0 radical (unpaired) electrons. The van der Waals surface area contributed by atoms with E-state index < -0.39 is 6.04 Å². The second-order valence-corrected chi connectivity index (χ2v) is 10.2. The summed E-state index contributed by atoms with van der Waals surface area (Å²) in [6, 6.07) is 19.3. The summed E-state index contributed by atoms with van der Waals surface area (Å²) < 4.78 is 19.3. The van der Waals surface area contributed by atoms with Crippen molar-refractivity contribution in [2.24, 2.45) is 0 Å². The summed E-state index contributed by atoms with van der Waals surface area (Å²) in [5.41, 5.74) is 4.15. The Labute approximate surface area is 241 Å². The number of rotatable bonds is 10. The van der Waals surface area contributed by atoms with Crippen LogP contribution in [0.2, 0.25) is 0 Å². The minimum Gasteiger partial charge on any atom is -0.497 e. The predicted octanol–water partition coefficient (Wildman–Crippen LogP) is 6.94. The molecule has 41 heavy (non-hydrogen) atoms. The highest BCUT2D eigenvalue weighted by molar-refractivity contribution is 7.98. The first-order valence-electron chi connectivity index (χ1n) is 13.0. The third kappa shape index (κ3) is 6.28. The maximum absolute atomic E-state index is 14.0. The topological polar surface area (TPSA) is 102 Å². The van der Waals surface area contributed by atoms with E-state index in [1.807, 2.05) is 61.7 Å². The van der Waals surface area contributed by atoms with E-state index in [1.165, 1.54) is 30.8 Å². The molecule has 5 aromatic rings. The molecule has 3 heterocycles. The van der Waals surface area contributed by atoms with Crippen molar-refractivity contribution in [2.75, 3.05) is 24.0 Å². The lowest BCUT2D eigenvalue weighted by Gasteiger charge is -2.21. The van der Waals surface area contributed by atoms with E-state index in [9.17, 15) is 9.18 Å². The lowest BCUT2D eigenvalue weighted by Crippen LogP contribution is -2.17. The summed E-state index contributed by atoms with van der Waals surface area (Å²) in [4.78, 5) is 31.6. The van der Waals surface area contributed by atoms with Crippen LogP contribution < -0.4 is 15.4 Å². The number of Topliss-reactive ketones (excluding diaryl/α,β-unsaturated/α-hetero) is 1. The first kappa shape index (κ1) is 28.0. The Bertz CT molecular complexity index is 1700. The number of nitrogens with zero attached hydrogens (tertiary/aromatic N) is 4. The van der Waals surface area contributed by atoms with Crippen molar-refractivity contribution in [3.8, 4) is 17.0 Å². The molecule has 0 aliphatic heterocycles. The Hall–Kier alpha value is -4.57. The fraction of sp³-hybridized carbons (Fsp3) is 0.194. The number of hydrogen-bond donors (Lipinski definition) is 2. The quantitative estimate of drug-likeness (QED) is 0.105. The molecule has 2 aromatic carbocycles. The molecule has 0 saturated heterocycles. The lowest BCUT2D eigenvalue weighted by atomic mass is 10.0. The Morgan fingerprint density at radius 2 is 1.80 bits per heavy atom. The summed E-state index contributed by atoms with van der Waals surface area (Å²) in [6.45, 7) is 3.89. The number of anilines is 2. The number of thioether (sulfide) groups is 1. The number of carbonyl (C=O) groups excluding carboxylic acids is 1. The monoisotopic (exact) mass is 568 g/mol. The van der Waals surface area contributed by atoms with E-state index >= 15 is 0 Å². The van der Waals surface area contributed by atoms with Gasteiger partial charge in [-0.3, -0.25) is 9.78 Å². The normalized spacial score (nSPS) is 11.7. The van der Waals surface area contributed by atoms with Gasteiger partial charge in [-0.15, -0.1) is 0 Å². The molecule has 10 heteroatoms. The van der Waals surface area contributed by atoms with Gasteiger partial charge in [0.25, 0.3) is 0 Å². The molecular formula is C31H29FN6O2S. The molecule has 0 fully saturated rings. The maximum atomic E-state index is 14.0. The summed E-state index contributed by atoms with van der Waals surface area (Å²) in [5, 5.41) is 7.91. The van der Waals surface area contributed by atoms with Gasteiger partial charge in [-0.1, -0.05) is 30.0 Å². The third-order valence-electron chi connectivity index (χ3n) is 6.55. The van der Waals surface area contributed by atoms with Gasteiger partial charge in [0.15, 0.2) is 10.9 Å². The fourth-order valence-electron chi connectivity index (χ4n) is 4.52. The molecule has 0 aliphatic carbocycles. The Kier molecular flexibility index (Phi) is 8.39. The van der Waals surface area contributed by atoms with E-state index in [0.29, 0.717) is 51.2 Å². The number of ketones is 1. The van der Waals surface area contributed by atoms with Crippen LogP contribution in [-0.4, -0.2) is 39.1 Å². The van der Waals surface area contributed by atoms with Crippen LogP contribution in [0.25, 0.3) is 22.2 Å². The van der Waals surface area contributed by atoms with Crippen LogP contribution in [0.5, 0.6) is 5.75 Å². The van der Waals surface area contributed by atoms with Crippen molar-refractivity contribution in [3.05, 3.63) is 95.6 Å². The highest BCUT2D eigenvalue weighted by Crippen LogP contribution is 2.33. The Morgan fingerprint density at radius 3 is 2.49 bits per heavy atom. The fourth-order valence-corrected chi connectivity index (χ4v) is 4.88. The van der Waals surface area contributed by atoms with Crippen LogP contribution in [0.15, 0.2) is 78.1 Å². The Morgan fingerprint density at radius 1 is 1.02 bits per heavy atom. The van der Waals surface area contributed by atoms with E-state index in [4.69, 9.17) is 9.72 Å². The minimum atomic E-state index is -0.390. The van der Waals surface area contributed by atoms with Gasteiger partial charge in [-0.2, -0.15) is 0 Å². The van der Waals surface area contributed by atoms with Crippen LogP contribution in [0.1, 0.15) is 41.5 Å². The van der Waals surface area contributed by atoms with Crippen LogP contribution in [0.3, 0.4) is 0 Å². The van der Waals surface area contributed by atoms with Crippen LogP contribution in [-0.2, 0) is 6.54 Å². The SMILES string of the molecule is COc1ccc(CNc2nc(SC)nc(NC(C)c3nc4ccc(F)cc4cc3-c3ccccn3)c2C(C)=O)cc1. The zero-order chi connectivity index (χ0) is 28.9. The van der Waals surface area contributed by atoms with E-state index in [0.717, 1.165) is 16.9 Å². The molecule has 0 spiro atoms. The molecule has 3 aromatic heterocycles. The number of halogens is 1. The molecule has 208 valence electrons. The molecule has 0 bridgehead atoms. The van der Waals surface area contributed by atoms with Crippen LogP contribution in [0.4, 0.5) is 16.0 Å². The smallest absolute Gasteiger partial charge is 0.191 e.